The lowest BCUT2D eigenvalue weighted by molar-refractivity contribution is 0.156. The van der Waals surface area contributed by atoms with Crippen molar-refractivity contribution < 1.29 is 13.2 Å². The second kappa shape index (κ2) is 5.64. The Kier molecular flexibility index (Phi) is 4.28. The van der Waals surface area contributed by atoms with Gasteiger partial charge in [-0.3, -0.25) is 0 Å². The Hall–Kier alpha value is -1.23. The topological polar surface area (TPSA) is 55.4 Å². The molecule has 0 radical (unpaired) electrons. The minimum atomic E-state index is -3.22. The summed E-state index contributed by atoms with van der Waals surface area (Å²) in [5.74, 6) is 1.44. The van der Waals surface area contributed by atoms with Gasteiger partial charge in [-0.1, -0.05) is 27.7 Å². The van der Waals surface area contributed by atoms with Gasteiger partial charge in [0.1, 0.15) is 11.9 Å². The maximum absolute atomic E-state index is 12.2. The van der Waals surface area contributed by atoms with Gasteiger partial charge in [0.15, 0.2) is 9.84 Å². The van der Waals surface area contributed by atoms with Crippen molar-refractivity contribution in [3.63, 3.8) is 0 Å². The molecule has 20 heavy (non-hydrogen) atoms. The van der Waals surface area contributed by atoms with Crippen molar-refractivity contribution in [2.24, 2.45) is 11.8 Å². The molecule has 1 atom stereocenters. The largest absolute Gasteiger partial charge is 0.486 e. The first-order valence-corrected chi connectivity index (χ1v) is 8.72. The monoisotopic (exact) mass is 297 g/mol. The summed E-state index contributed by atoms with van der Waals surface area (Å²) < 4.78 is 30.3. The van der Waals surface area contributed by atoms with Crippen LogP contribution < -0.4 is 10.1 Å². The van der Waals surface area contributed by atoms with Gasteiger partial charge in [0, 0.05) is 0 Å². The van der Waals surface area contributed by atoms with Gasteiger partial charge < -0.3 is 10.1 Å². The van der Waals surface area contributed by atoms with Crippen molar-refractivity contribution >= 4 is 15.5 Å². The Morgan fingerprint density at radius 2 is 2.00 bits per heavy atom. The number of nitrogens with one attached hydrogen (secondary N) is 1. The summed E-state index contributed by atoms with van der Waals surface area (Å²) in [6.45, 7) is 8.74. The van der Waals surface area contributed by atoms with Gasteiger partial charge in [-0.15, -0.1) is 0 Å². The highest BCUT2D eigenvalue weighted by Gasteiger charge is 2.24. The predicted molar refractivity (Wildman–Crippen MR) is 81.1 cm³/mol. The average molecular weight is 297 g/mol. The summed E-state index contributed by atoms with van der Waals surface area (Å²) in [5, 5.41) is 3.27. The summed E-state index contributed by atoms with van der Waals surface area (Å²) in [4.78, 5) is 0.365. The molecule has 0 saturated heterocycles. The lowest BCUT2D eigenvalue weighted by atomic mass is 10.1. The van der Waals surface area contributed by atoms with Crippen LogP contribution in [0.15, 0.2) is 23.1 Å². The second-order valence-electron chi connectivity index (χ2n) is 6.11. The van der Waals surface area contributed by atoms with E-state index in [0.717, 1.165) is 11.4 Å². The van der Waals surface area contributed by atoms with E-state index in [4.69, 9.17) is 4.74 Å². The standard InChI is InChI=1S/C15H23NO3S/c1-10(2)9-20(17,18)12-5-6-14-13(7-12)16-8-15(19-14)11(3)4/h5-7,10-11,15-16H,8-9H2,1-4H3. The van der Waals surface area contributed by atoms with E-state index < -0.39 is 9.84 Å². The van der Waals surface area contributed by atoms with Gasteiger partial charge in [-0.25, -0.2) is 8.42 Å². The van der Waals surface area contributed by atoms with Crippen molar-refractivity contribution in [1.82, 2.24) is 0 Å². The van der Waals surface area contributed by atoms with Crippen molar-refractivity contribution in [3.8, 4) is 5.75 Å². The van der Waals surface area contributed by atoms with E-state index in [2.05, 4.69) is 19.2 Å². The van der Waals surface area contributed by atoms with E-state index in [-0.39, 0.29) is 17.8 Å². The normalized spacial score (nSPS) is 18.6. The van der Waals surface area contributed by atoms with Gasteiger partial charge >= 0.3 is 0 Å². The zero-order valence-electron chi connectivity index (χ0n) is 12.5. The van der Waals surface area contributed by atoms with Crippen molar-refractivity contribution in [3.05, 3.63) is 18.2 Å². The Bertz CT molecular complexity index is 579. The molecular formula is C15H23NO3S. The van der Waals surface area contributed by atoms with Crippen LogP contribution >= 0.6 is 0 Å². The second-order valence-corrected chi connectivity index (χ2v) is 8.15. The van der Waals surface area contributed by atoms with Crippen LogP contribution in [-0.4, -0.2) is 26.8 Å². The molecule has 0 bridgehead atoms. The summed E-state index contributed by atoms with van der Waals surface area (Å²) in [6.07, 6.45) is 0.126. The quantitative estimate of drug-likeness (QED) is 0.928. The third kappa shape index (κ3) is 3.26. The zero-order chi connectivity index (χ0) is 14.9. The maximum atomic E-state index is 12.2. The van der Waals surface area contributed by atoms with Gasteiger partial charge in [0.2, 0.25) is 0 Å². The highest BCUT2D eigenvalue weighted by molar-refractivity contribution is 7.91. The van der Waals surface area contributed by atoms with Gasteiger partial charge in [-0.05, 0) is 30.0 Å². The SMILES string of the molecule is CC(C)CS(=O)(=O)c1ccc2c(c1)NCC(C(C)C)O2. The molecule has 1 aromatic carbocycles. The third-order valence-electron chi connectivity index (χ3n) is 3.38. The molecule has 1 aliphatic rings. The van der Waals surface area contributed by atoms with Crippen molar-refractivity contribution in [2.75, 3.05) is 17.6 Å². The molecule has 1 N–H and O–H groups in total. The molecule has 112 valence electrons. The Labute approximate surface area is 121 Å². The van der Waals surface area contributed by atoms with Crippen LogP contribution in [0.5, 0.6) is 5.75 Å². The number of rotatable bonds is 4. The van der Waals surface area contributed by atoms with E-state index in [1.807, 2.05) is 13.8 Å². The molecule has 0 aromatic heterocycles. The molecule has 0 fully saturated rings. The summed E-state index contributed by atoms with van der Waals surface area (Å²) in [6, 6.07) is 5.08. The molecule has 1 aromatic rings. The summed E-state index contributed by atoms with van der Waals surface area (Å²) >= 11 is 0. The van der Waals surface area contributed by atoms with Crippen LogP contribution in [0.25, 0.3) is 0 Å². The minimum absolute atomic E-state index is 0.116. The molecule has 0 aliphatic carbocycles. The van der Waals surface area contributed by atoms with Gasteiger partial charge in [0.25, 0.3) is 0 Å². The van der Waals surface area contributed by atoms with Gasteiger partial charge in [-0.2, -0.15) is 0 Å². The fraction of sp³-hybridized carbons (Fsp3) is 0.600. The summed E-state index contributed by atoms with van der Waals surface area (Å²) in [5.41, 5.74) is 0.770. The first-order valence-electron chi connectivity index (χ1n) is 7.07. The first kappa shape index (κ1) is 15.2. The first-order chi connectivity index (χ1) is 9.29. The number of benzene rings is 1. The highest BCUT2D eigenvalue weighted by Crippen LogP contribution is 2.33. The number of anilines is 1. The maximum Gasteiger partial charge on any atom is 0.178 e. The molecule has 5 heteroatoms. The number of ether oxygens (including phenoxy) is 1. The van der Waals surface area contributed by atoms with E-state index in [1.165, 1.54) is 0 Å². The fourth-order valence-corrected chi connectivity index (χ4v) is 3.91. The molecule has 1 heterocycles. The molecule has 1 aliphatic heterocycles. The lowest BCUT2D eigenvalue weighted by Crippen LogP contribution is -2.35. The minimum Gasteiger partial charge on any atom is -0.486 e. The van der Waals surface area contributed by atoms with Crippen LogP contribution in [0, 0.1) is 11.8 Å². The van der Waals surface area contributed by atoms with E-state index in [1.54, 1.807) is 18.2 Å². The smallest absolute Gasteiger partial charge is 0.178 e. The molecule has 0 saturated carbocycles. The van der Waals surface area contributed by atoms with E-state index in [9.17, 15) is 8.42 Å². The Morgan fingerprint density at radius 3 is 2.60 bits per heavy atom. The molecule has 4 nitrogen and oxygen atoms in total. The number of sulfone groups is 1. The zero-order valence-corrected chi connectivity index (χ0v) is 13.3. The Balaban J connectivity index is 2.26. The molecule has 0 spiro atoms. The lowest BCUT2D eigenvalue weighted by Gasteiger charge is -2.30. The number of hydrogen-bond acceptors (Lipinski definition) is 4. The van der Waals surface area contributed by atoms with Crippen LogP contribution in [0.4, 0.5) is 5.69 Å². The van der Waals surface area contributed by atoms with Crippen LogP contribution in [-0.2, 0) is 9.84 Å². The van der Waals surface area contributed by atoms with Crippen LogP contribution in [0.2, 0.25) is 0 Å². The number of hydrogen-bond donors (Lipinski definition) is 1. The number of fused-ring (bicyclic) bond motifs is 1. The van der Waals surface area contributed by atoms with Gasteiger partial charge in [0.05, 0.1) is 22.9 Å². The third-order valence-corrected chi connectivity index (χ3v) is 5.46. The summed E-state index contributed by atoms with van der Waals surface area (Å²) in [7, 11) is -3.22. The Morgan fingerprint density at radius 1 is 1.30 bits per heavy atom. The van der Waals surface area contributed by atoms with Crippen molar-refractivity contribution in [2.45, 2.75) is 38.7 Å². The highest BCUT2D eigenvalue weighted by atomic mass is 32.2. The van der Waals surface area contributed by atoms with Crippen LogP contribution in [0.3, 0.4) is 0 Å². The molecule has 0 amide bonds. The molecular weight excluding hydrogens is 274 g/mol. The van der Waals surface area contributed by atoms with Crippen LogP contribution in [0.1, 0.15) is 27.7 Å². The van der Waals surface area contributed by atoms with E-state index >= 15 is 0 Å². The fourth-order valence-electron chi connectivity index (χ4n) is 2.27. The average Bonchev–Trinajstić information content (AvgIpc) is 2.35. The predicted octanol–water partition coefficient (Wildman–Crippen LogP) is 2.95. The molecule has 1 unspecified atom stereocenters. The van der Waals surface area contributed by atoms with Crippen molar-refractivity contribution in [1.29, 1.82) is 0 Å². The molecule has 2 rings (SSSR count). The van der Waals surface area contributed by atoms with E-state index in [0.29, 0.717) is 17.4 Å².